The number of likely N-dealkylation sites (tertiary alicyclic amines) is 1. The molecule has 6 heteroatoms. The van der Waals surface area contributed by atoms with Gasteiger partial charge in [0.2, 0.25) is 0 Å². The minimum Gasteiger partial charge on any atom is -0.377 e. The number of piperidine rings is 1. The Kier molecular flexibility index (Phi) is 4.33. The number of amides is 1. The van der Waals surface area contributed by atoms with Crippen LogP contribution in [-0.4, -0.2) is 41.6 Å². The smallest absolute Gasteiger partial charge is 0.274 e. The number of pyridine rings is 1. The third-order valence-electron chi connectivity index (χ3n) is 3.45. The zero-order chi connectivity index (χ0) is 14.0. The monoisotopic (exact) mass is 302 g/mol. The molecule has 1 aromatic heterocycles. The van der Waals surface area contributed by atoms with Gasteiger partial charge in [-0.05, 0) is 31.9 Å². The topological polar surface area (TPSA) is 42.4 Å². The molecule has 19 heavy (non-hydrogen) atoms. The molecule has 1 atom stereocenters. The van der Waals surface area contributed by atoms with Crippen molar-refractivity contribution in [3.63, 3.8) is 0 Å². The molecule has 1 aliphatic rings. The Hall–Kier alpha value is -0.840. The summed E-state index contributed by atoms with van der Waals surface area (Å²) in [7, 11) is 1.67. The molecule has 2 heterocycles. The fourth-order valence-corrected chi connectivity index (χ4v) is 2.60. The predicted octanol–water partition coefficient (Wildman–Crippen LogP) is 3.03. The maximum Gasteiger partial charge on any atom is 0.274 e. The van der Waals surface area contributed by atoms with Crippen molar-refractivity contribution in [1.29, 1.82) is 0 Å². The van der Waals surface area contributed by atoms with Gasteiger partial charge in [-0.25, -0.2) is 4.98 Å². The molecule has 0 N–H and O–H groups in total. The first-order valence-corrected chi connectivity index (χ1v) is 6.87. The Morgan fingerprint density at radius 2 is 2.21 bits per heavy atom. The molecule has 1 aromatic rings. The molecular weight excluding hydrogens is 287 g/mol. The van der Waals surface area contributed by atoms with E-state index in [1.165, 1.54) is 0 Å². The fourth-order valence-electron chi connectivity index (χ4n) is 2.26. The highest BCUT2D eigenvalue weighted by Crippen LogP contribution is 2.26. The Morgan fingerprint density at radius 3 is 2.89 bits per heavy atom. The highest BCUT2D eigenvalue weighted by atomic mass is 35.5. The maximum absolute atomic E-state index is 12.4. The average Bonchev–Trinajstić information content (AvgIpc) is 2.41. The molecule has 1 fully saturated rings. The van der Waals surface area contributed by atoms with Crippen LogP contribution in [0.4, 0.5) is 0 Å². The summed E-state index contributed by atoms with van der Waals surface area (Å²) in [5.74, 6) is -0.199. The summed E-state index contributed by atoms with van der Waals surface area (Å²) >= 11 is 11.8. The second-order valence-corrected chi connectivity index (χ2v) is 5.74. The zero-order valence-electron chi connectivity index (χ0n) is 10.9. The SMILES string of the molecule is COC1(C)CCCN(C(=O)c2nc(Cl)ccc2Cl)C1. The molecule has 4 nitrogen and oxygen atoms in total. The van der Waals surface area contributed by atoms with E-state index >= 15 is 0 Å². The molecule has 1 amide bonds. The molecular formula is C13H16Cl2N2O2. The predicted molar refractivity (Wildman–Crippen MR) is 74.8 cm³/mol. The van der Waals surface area contributed by atoms with Crippen molar-refractivity contribution in [2.24, 2.45) is 0 Å². The molecule has 1 saturated heterocycles. The van der Waals surface area contributed by atoms with Crippen LogP contribution in [0.1, 0.15) is 30.3 Å². The lowest BCUT2D eigenvalue weighted by Crippen LogP contribution is -2.49. The molecule has 1 aliphatic heterocycles. The minimum absolute atomic E-state index is 0.199. The average molecular weight is 303 g/mol. The van der Waals surface area contributed by atoms with Gasteiger partial charge < -0.3 is 9.64 Å². The Balaban J connectivity index is 2.22. The van der Waals surface area contributed by atoms with E-state index in [2.05, 4.69) is 4.98 Å². The number of ether oxygens (including phenoxy) is 1. The minimum atomic E-state index is -0.307. The number of carbonyl (C=O) groups is 1. The lowest BCUT2D eigenvalue weighted by molar-refractivity contribution is -0.0441. The number of rotatable bonds is 2. The Morgan fingerprint density at radius 1 is 1.47 bits per heavy atom. The second-order valence-electron chi connectivity index (χ2n) is 4.95. The summed E-state index contributed by atoms with van der Waals surface area (Å²) in [6.07, 6.45) is 1.83. The van der Waals surface area contributed by atoms with Gasteiger partial charge in [0.25, 0.3) is 5.91 Å². The van der Waals surface area contributed by atoms with Gasteiger partial charge in [0, 0.05) is 20.2 Å². The largest absolute Gasteiger partial charge is 0.377 e. The van der Waals surface area contributed by atoms with Crippen LogP contribution < -0.4 is 0 Å². The van der Waals surface area contributed by atoms with Crippen molar-refractivity contribution in [1.82, 2.24) is 9.88 Å². The molecule has 104 valence electrons. The Labute approximate surface area is 122 Å². The fraction of sp³-hybridized carbons (Fsp3) is 0.538. The number of carbonyl (C=O) groups excluding carboxylic acids is 1. The van der Waals surface area contributed by atoms with Crippen LogP contribution in [0.2, 0.25) is 10.2 Å². The number of hydrogen-bond acceptors (Lipinski definition) is 3. The normalized spacial score (nSPS) is 23.5. The summed E-state index contributed by atoms with van der Waals surface area (Å²) in [5.41, 5.74) is -0.103. The highest BCUT2D eigenvalue weighted by molar-refractivity contribution is 6.34. The van der Waals surface area contributed by atoms with Crippen LogP contribution in [0, 0.1) is 0 Å². The third kappa shape index (κ3) is 3.19. The number of halogens is 2. The van der Waals surface area contributed by atoms with Crippen LogP contribution in [0.15, 0.2) is 12.1 Å². The first-order valence-electron chi connectivity index (χ1n) is 6.12. The molecule has 0 saturated carbocycles. The van der Waals surface area contributed by atoms with E-state index in [0.717, 1.165) is 12.8 Å². The zero-order valence-corrected chi connectivity index (χ0v) is 12.5. The van der Waals surface area contributed by atoms with Crippen molar-refractivity contribution in [2.75, 3.05) is 20.2 Å². The number of hydrogen-bond donors (Lipinski definition) is 0. The Bertz CT molecular complexity index is 496. The van der Waals surface area contributed by atoms with E-state index in [1.807, 2.05) is 6.92 Å². The molecule has 2 rings (SSSR count). The summed E-state index contributed by atoms with van der Waals surface area (Å²) < 4.78 is 5.48. The summed E-state index contributed by atoms with van der Waals surface area (Å²) in [6.45, 7) is 3.22. The van der Waals surface area contributed by atoms with Crippen molar-refractivity contribution in [3.05, 3.63) is 28.0 Å². The van der Waals surface area contributed by atoms with Crippen molar-refractivity contribution < 1.29 is 9.53 Å². The third-order valence-corrected chi connectivity index (χ3v) is 3.97. The van der Waals surface area contributed by atoms with Crippen LogP contribution in [-0.2, 0) is 4.74 Å². The molecule has 0 aromatic carbocycles. The molecule has 0 bridgehead atoms. The van der Waals surface area contributed by atoms with Crippen LogP contribution >= 0.6 is 23.2 Å². The second kappa shape index (κ2) is 5.65. The van der Waals surface area contributed by atoms with Gasteiger partial charge in [-0.1, -0.05) is 23.2 Å². The molecule has 1 unspecified atom stereocenters. The van der Waals surface area contributed by atoms with Crippen LogP contribution in [0.25, 0.3) is 0 Å². The van der Waals surface area contributed by atoms with Crippen molar-refractivity contribution >= 4 is 29.1 Å². The van der Waals surface area contributed by atoms with Crippen LogP contribution in [0.3, 0.4) is 0 Å². The summed E-state index contributed by atoms with van der Waals surface area (Å²) in [5, 5.41) is 0.582. The van der Waals surface area contributed by atoms with Gasteiger partial charge in [0.15, 0.2) is 0 Å². The quantitative estimate of drug-likeness (QED) is 0.789. The first-order chi connectivity index (χ1) is 8.95. The lowest BCUT2D eigenvalue weighted by atomic mass is 9.94. The number of methoxy groups -OCH3 is 1. The maximum atomic E-state index is 12.4. The lowest BCUT2D eigenvalue weighted by Gasteiger charge is -2.39. The van der Waals surface area contributed by atoms with Gasteiger partial charge >= 0.3 is 0 Å². The summed E-state index contributed by atoms with van der Waals surface area (Å²) in [4.78, 5) is 18.2. The molecule has 0 spiro atoms. The van der Waals surface area contributed by atoms with Gasteiger partial charge in [-0.2, -0.15) is 0 Å². The van der Waals surface area contributed by atoms with Gasteiger partial charge in [0.05, 0.1) is 10.6 Å². The number of aromatic nitrogens is 1. The van der Waals surface area contributed by atoms with Gasteiger partial charge in [0.1, 0.15) is 10.8 Å². The van der Waals surface area contributed by atoms with E-state index in [-0.39, 0.29) is 22.4 Å². The molecule has 0 aliphatic carbocycles. The number of nitrogens with zero attached hydrogens (tertiary/aromatic N) is 2. The van der Waals surface area contributed by atoms with Crippen molar-refractivity contribution in [2.45, 2.75) is 25.4 Å². The van der Waals surface area contributed by atoms with E-state index in [4.69, 9.17) is 27.9 Å². The van der Waals surface area contributed by atoms with E-state index in [9.17, 15) is 4.79 Å². The van der Waals surface area contributed by atoms with E-state index < -0.39 is 0 Å². The van der Waals surface area contributed by atoms with Crippen LogP contribution in [0.5, 0.6) is 0 Å². The van der Waals surface area contributed by atoms with E-state index in [0.29, 0.717) is 18.1 Å². The van der Waals surface area contributed by atoms with Gasteiger partial charge in [-0.3, -0.25) is 4.79 Å². The van der Waals surface area contributed by atoms with E-state index in [1.54, 1.807) is 24.1 Å². The molecule has 0 radical (unpaired) electrons. The standard InChI is InChI=1S/C13H16Cl2N2O2/c1-13(19-2)6-3-7-17(8-13)12(18)11-9(14)4-5-10(15)16-11/h4-5H,3,6-8H2,1-2H3. The highest BCUT2D eigenvalue weighted by Gasteiger charge is 2.34. The van der Waals surface area contributed by atoms with Crippen molar-refractivity contribution in [3.8, 4) is 0 Å². The van der Waals surface area contributed by atoms with Gasteiger partial charge in [-0.15, -0.1) is 0 Å². The summed E-state index contributed by atoms with van der Waals surface area (Å²) in [6, 6.07) is 3.15. The first kappa shape index (κ1) is 14.6.